The van der Waals surface area contributed by atoms with Crippen molar-refractivity contribution in [1.82, 2.24) is 10.4 Å². The quantitative estimate of drug-likeness (QED) is 0.654. The van der Waals surface area contributed by atoms with E-state index in [-0.39, 0.29) is 6.04 Å². The fourth-order valence-corrected chi connectivity index (χ4v) is 3.43. The van der Waals surface area contributed by atoms with Gasteiger partial charge < -0.3 is 0 Å². The van der Waals surface area contributed by atoms with E-state index in [1.807, 2.05) is 12.3 Å². The van der Waals surface area contributed by atoms with E-state index in [0.717, 1.165) is 11.4 Å². The summed E-state index contributed by atoms with van der Waals surface area (Å²) in [5.74, 6) is 7.29. The Bertz CT molecular complexity index is 561. The molecule has 1 heterocycles. The Morgan fingerprint density at radius 2 is 2.16 bits per heavy atom. The number of nitrogens with zero attached hydrogens (tertiary/aromatic N) is 1. The largest absolute Gasteiger partial charge is 0.271 e. The van der Waals surface area contributed by atoms with Gasteiger partial charge in [-0.15, -0.1) is 0 Å². The maximum Gasteiger partial charge on any atom is 0.0705 e. The van der Waals surface area contributed by atoms with E-state index in [9.17, 15) is 0 Å². The van der Waals surface area contributed by atoms with Gasteiger partial charge in [-0.2, -0.15) is 0 Å². The molecule has 0 amide bonds. The van der Waals surface area contributed by atoms with Crippen molar-refractivity contribution in [2.75, 3.05) is 0 Å². The molecule has 1 aliphatic rings. The summed E-state index contributed by atoms with van der Waals surface area (Å²) in [6.07, 6.45) is 5.67. The van der Waals surface area contributed by atoms with E-state index in [1.165, 1.54) is 30.2 Å². The molecular formula is C16H21N3. The second-order valence-corrected chi connectivity index (χ2v) is 5.74. The lowest BCUT2D eigenvalue weighted by Gasteiger charge is -2.24. The van der Waals surface area contributed by atoms with Gasteiger partial charge in [0.2, 0.25) is 0 Å². The van der Waals surface area contributed by atoms with E-state index < -0.39 is 0 Å². The highest BCUT2D eigenvalue weighted by molar-refractivity contribution is 5.82. The third-order valence-corrected chi connectivity index (χ3v) is 4.40. The molecule has 3 nitrogen and oxygen atoms in total. The fraction of sp³-hybridized carbons (Fsp3) is 0.438. The zero-order valence-corrected chi connectivity index (χ0v) is 11.3. The van der Waals surface area contributed by atoms with Crippen LogP contribution in [0, 0.1) is 11.8 Å². The average molecular weight is 255 g/mol. The molecule has 1 fully saturated rings. The van der Waals surface area contributed by atoms with Gasteiger partial charge in [0.05, 0.1) is 5.52 Å². The topological polar surface area (TPSA) is 50.9 Å². The fourth-order valence-electron chi connectivity index (χ4n) is 3.43. The van der Waals surface area contributed by atoms with E-state index in [2.05, 4.69) is 41.6 Å². The Morgan fingerprint density at radius 3 is 2.89 bits per heavy atom. The van der Waals surface area contributed by atoms with E-state index >= 15 is 0 Å². The monoisotopic (exact) mass is 255 g/mol. The molecule has 3 unspecified atom stereocenters. The number of pyridine rings is 1. The van der Waals surface area contributed by atoms with Crippen molar-refractivity contribution in [2.45, 2.75) is 32.2 Å². The number of nitrogens with one attached hydrogen (secondary N) is 1. The first-order valence-corrected chi connectivity index (χ1v) is 7.09. The smallest absolute Gasteiger partial charge is 0.0705 e. The summed E-state index contributed by atoms with van der Waals surface area (Å²) in [6.45, 7) is 2.33. The molecule has 0 aliphatic heterocycles. The third kappa shape index (κ3) is 2.36. The van der Waals surface area contributed by atoms with E-state index in [1.54, 1.807) is 0 Å². The summed E-state index contributed by atoms with van der Waals surface area (Å²) < 4.78 is 0. The summed E-state index contributed by atoms with van der Waals surface area (Å²) in [7, 11) is 0. The summed E-state index contributed by atoms with van der Waals surface area (Å²) in [5.41, 5.74) is 5.38. The van der Waals surface area contributed by atoms with Crippen LogP contribution in [-0.2, 0) is 0 Å². The van der Waals surface area contributed by atoms with Gasteiger partial charge >= 0.3 is 0 Å². The zero-order chi connectivity index (χ0) is 13.2. The van der Waals surface area contributed by atoms with Crippen LogP contribution < -0.4 is 11.3 Å². The van der Waals surface area contributed by atoms with Gasteiger partial charge in [0.1, 0.15) is 0 Å². The molecule has 2 aromatic rings. The number of hydrazine groups is 1. The van der Waals surface area contributed by atoms with Crippen molar-refractivity contribution >= 4 is 10.9 Å². The van der Waals surface area contributed by atoms with Crippen LogP contribution in [0.5, 0.6) is 0 Å². The molecular weight excluding hydrogens is 234 g/mol. The van der Waals surface area contributed by atoms with Crippen LogP contribution >= 0.6 is 0 Å². The number of fused-ring (bicyclic) bond motifs is 1. The maximum atomic E-state index is 5.85. The molecule has 3 atom stereocenters. The van der Waals surface area contributed by atoms with Gasteiger partial charge in [-0.1, -0.05) is 31.5 Å². The van der Waals surface area contributed by atoms with Gasteiger partial charge in [-0.05, 0) is 42.4 Å². The van der Waals surface area contributed by atoms with E-state index in [0.29, 0.717) is 5.92 Å². The van der Waals surface area contributed by atoms with Crippen molar-refractivity contribution in [3.8, 4) is 0 Å². The van der Waals surface area contributed by atoms with Crippen LogP contribution in [-0.4, -0.2) is 4.98 Å². The van der Waals surface area contributed by atoms with Crippen molar-refractivity contribution < 1.29 is 0 Å². The second kappa shape index (κ2) is 5.27. The number of rotatable bonds is 3. The maximum absolute atomic E-state index is 5.85. The molecule has 0 radical (unpaired) electrons. The van der Waals surface area contributed by atoms with Crippen molar-refractivity contribution in [1.29, 1.82) is 0 Å². The molecule has 3 N–H and O–H groups in total. The average Bonchev–Trinajstić information content (AvgIpc) is 2.86. The van der Waals surface area contributed by atoms with Gasteiger partial charge in [-0.25, -0.2) is 0 Å². The van der Waals surface area contributed by atoms with Crippen LogP contribution in [0.3, 0.4) is 0 Å². The highest BCUT2D eigenvalue weighted by atomic mass is 15.2. The minimum Gasteiger partial charge on any atom is -0.271 e. The van der Waals surface area contributed by atoms with Gasteiger partial charge in [0.15, 0.2) is 0 Å². The minimum atomic E-state index is 0.234. The normalized spacial score (nSPS) is 24.7. The molecule has 0 saturated heterocycles. The Kier molecular flexibility index (Phi) is 3.49. The molecule has 1 aliphatic carbocycles. The standard InChI is InChI=1S/C16H21N3/c1-11-7-8-12(10-11)16(19-17)14-4-2-6-15-13(14)5-3-9-18-15/h2-6,9,11-12,16,19H,7-8,10,17H2,1H3. The molecule has 100 valence electrons. The predicted octanol–water partition coefficient (Wildman–Crippen LogP) is 3.18. The van der Waals surface area contributed by atoms with Crippen LogP contribution in [0.4, 0.5) is 0 Å². The van der Waals surface area contributed by atoms with Crippen molar-refractivity contribution in [3.63, 3.8) is 0 Å². The summed E-state index contributed by atoms with van der Waals surface area (Å²) >= 11 is 0. The Hall–Kier alpha value is -1.45. The number of aromatic nitrogens is 1. The lowest BCUT2D eigenvalue weighted by Crippen LogP contribution is -2.33. The number of hydrogen-bond donors (Lipinski definition) is 2. The first-order chi connectivity index (χ1) is 9.29. The molecule has 3 heteroatoms. The van der Waals surface area contributed by atoms with E-state index in [4.69, 9.17) is 5.84 Å². The predicted molar refractivity (Wildman–Crippen MR) is 78.3 cm³/mol. The Balaban J connectivity index is 2.01. The Morgan fingerprint density at radius 1 is 1.26 bits per heavy atom. The molecule has 0 spiro atoms. The first kappa shape index (κ1) is 12.6. The molecule has 1 aromatic carbocycles. The van der Waals surface area contributed by atoms with Crippen molar-refractivity contribution in [2.24, 2.45) is 17.7 Å². The molecule has 1 saturated carbocycles. The van der Waals surface area contributed by atoms with Gasteiger partial charge in [0.25, 0.3) is 0 Å². The first-order valence-electron chi connectivity index (χ1n) is 7.09. The Labute approximate surface area is 114 Å². The van der Waals surface area contributed by atoms with Crippen LogP contribution in [0.25, 0.3) is 10.9 Å². The lowest BCUT2D eigenvalue weighted by atomic mass is 9.89. The van der Waals surface area contributed by atoms with Crippen molar-refractivity contribution in [3.05, 3.63) is 42.1 Å². The number of benzene rings is 1. The molecule has 0 bridgehead atoms. The number of nitrogens with two attached hydrogens (primary N) is 1. The van der Waals surface area contributed by atoms with Gasteiger partial charge in [0, 0.05) is 17.6 Å². The summed E-state index contributed by atoms with van der Waals surface area (Å²) in [4.78, 5) is 4.43. The highest BCUT2D eigenvalue weighted by Gasteiger charge is 2.29. The third-order valence-electron chi connectivity index (χ3n) is 4.40. The lowest BCUT2D eigenvalue weighted by molar-refractivity contribution is 0.366. The SMILES string of the molecule is CC1CCC(C(NN)c2cccc3ncccc23)C1. The van der Waals surface area contributed by atoms with Crippen LogP contribution in [0.15, 0.2) is 36.5 Å². The molecule has 1 aromatic heterocycles. The minimum absolute atomic E-state index is 0.234. The van der Waals surface area contributed by atoms with Crippen LogP contribution in [0.1, 0.15) is 37.8 Å². The molecule has 19 heavy (non-hydrogen) atoms. The summed E-state index contributed by atoms with van der Waals surface area (Å²) in [6, 6.07) is 10.7. The zero-order valence-electron chi connectivity index (χ0n) is 11.3. The summed E-state index contributed by atoms with van der Waals surface area (Å²) in [5, 5.41) is 1.22. The second-order valence-electron chi connectivity index (χ2n) is 5.74. The van der Waals surface area contributed by atoms with Gasteiger partial charge in [-0.3, -0.25) is 16.3 Å². The van der Waals surface area contributed by atoms with Crippen LogP contribution in [0.2, 0.25) is 0 Å². The number of hydrogen-bond acceptors (Lipinski definition) is 3. The molecule has 3 rings (SSSR count). The highest BCUT2D eigenvalue weighted by Crippen LogP contribution is 2.40.